The molecule has 3 heteroatoms. The van der Waals surface area contributed by atoms with Crippen LogP contribution in [-0.4, -0.2) is 12.5 Å². The van der Waals surface area contributed by atoms with Crippen LogP contribution < -0.4 is 10.6 Å². The molecule has 2 unspecified atom stereocenters. The quantitative estimate of drug-likeness (QED) is 0.833. The van der Waals surface area contributed by atoms with Crippen molar-refractivity contribution in [2.45, 2.75) is 53.0 Å². The minimum atomic E-state index is 0.131. The van der Waals surface area contributed by atoms with Crippen molar-refractivity contribution < 1.29 is 4.79 Å². The minimum absolute atomic E-state index is 0.131. The number of hydrogen-bond donors (Lipinski definition) is 2. The Labute approximate surface area is 128 Å². The SMILES string of the molecule is CCCNC(c1ccc2c(c1)CCC(=O)N2)C(C)C(C)C. The lowest BCUT2D eigenvalue weighted by atomic mass is 9.84. The van der Waals surface area contributed by atoms with Crippen LogP contribution in [0.15, 0.2) is 18.2 Å². The highest BCUT2D eigenvalue weighted by atomic mass is 16.1. The summed E-state index contributed by atoms with van der Waals surface area (Å²) in [7, 11) is 0. The third kappa shape index (κ3) is 3.85. The zero-order valence-corrected chi connectivity index (χ0v) is 13.7. The zero-order valence-electron chi connectivity index (χ0n) is 13.7. The van der Waals surface area contributed by atoms with Gasteiger partial charge >= 0.3 is 0 Å². The van der Waals surface area contributed by atoms with Crippen LogP contribution in [0.3, 0.4) is 0 Å². The molecule has 21 heavy (non-hydrogen) atoms. The minimum Gasteiger partial charge on any atom is -0.326 e. The molecule has 1 amide bonds. The zero-order chi connectivity index (χ0) is 15.4. The van der Waals surface area contributed by atoms with Gasteiger partial charge in [0.05, 0.1) is 0 Å². The highest BCUT2D eigenvalue weighted by Crippen LogP contribution is 2.31. The van der Waals surface area contributed by atoms with Crippen LogP contribution in [0, 0.1) is 11.8 Å². The van der Waals surface area contributed by atoms with Crippen molar-refractivity contribution in [3.63, 3.8) is 0 Å². The van der Waals surface area contributed by atoms with E-state index >= 15 is 0 Å². The molecule has 0 saturated heterocycles. The van der Waals surface area contributed by atoms with E-state index in [0.29, 0.717) is 24.3 Å². The van der Waals surface area contributed by atoms with Crippen molar-refractivity contribution in [2.24, 2.45) is 11.8 Å². The monoisotopic (exact) mass is 288 g/mol. The van der Waals surface area contributed by atoms with E-state index < -0.39 is 0 Å². The topological polar surface area (TPSA) is 41.1 Å². The number of carbonyl (C=O) groups excluding carboxylic acids is 1. The number of hydrogen-bond acceptors (Lipinski definition) is 2. The van der Waals surface area contributed by atoms with Gasteiger partial charge in [-0.2, -0.15) is 0 Å². The molecule has 0 fully saturated rings. The average Bonchev–Trinajstić information content (AvgIpc) is 2.47. The van der Waals surface area contributed by atoms with Crippen molar-refractivity contribution in [2.75, 3.05) is 11.9 Å². The van der Waals surface area contributed by atoms with Gasteiger partial charge in [-0.1, -0.05) is 39.8 Å². The van der Waals surface area contributed by atoms with Crippen LogP contribution in [0.5, 0.6) is 0 Å². The van der Waals surface area contributed by atoms with E-state index in [1.165, 1.54) is 11.1 Å². The molecule has 1 aromatic carbocycles. The van der Waals surface area contributed by atoms with Gasteiger partial charge in [-0.3, -0.25) is 4.79 Å². The standard InChI is InChI=1S/C18H28N2O/c1-5-10-19-18(13(4)12(2)3)15-6-8-16-14(11-15)7-9-17(21)20-16/h6,8,11-13,18-19H,5,7,9-10H2,1-4H3,(H,20,21). The largest absolute Gasteiger partial charge is 0.326 e. The number of carbonyl (C=O) groups is 1. The summed E-state index contributed by atoms with van der Waals surface area (Å²) in [6.07, 6.45) is 2.59. The van der Waals surface area contributed by atoms with Gasteiger partial charge in [0.1, 0.15) is 0 Å². The summed E-state index contributed by atoms with van der Waals surface area (Å²) in [6, 6.07) is 6.89. The Hall–Kier alpha value is -1.35. The molecular formula is C18H28N2O. The summed E-state index contributed by atoms with van der Waals surface area (Å²) >= 11 is 0. The van der Waals surface area contributed by atoms with Gasteiger partial charge < -0.3 is 10.6 Å². The summed E-state index contributed by atoms with van der Waals surface area (Å²) < 4.78 is 0. The van der Waals surface area contributed by atoms with E-state index in [4.69, 9.17) is 0 Å². The molecule has 1 aliphatic heterocycles. The fraction of sp³-hybridized carbons (Fsp3) is 0.611. The lowest BCUT2D eigenvalue weighted by molar-refractivity contribution is -0.116. The predicted molar refractivity (Wildman–Crippen MR) is 88.4 cm³/mol. The Morgan fingerprint density at radius 2 is 2.00 bits per heavy atom. The third-order valence-corrected chi connectivity index (χ3v) is 4.58. The number of aryl methyl sites for hydroxylation is 1. The number of fused-ring (bicyclic) bond motifs is 1. The molecule has 0 aliphatic carbocycles. The molecule has 2 atom stereocenters. The lowest BCUT2D eigenvalue weighted by Crippen LogP contribution is -2.30. The normalized spacial score (nSPS) is 17.3. The van der Waals surface area contributed by atoms with Crippen LogP contribution in [0.2, 0.25) is 0 Å². The second kappa shape index (κ2) is 7.08. The molecule has 116 valence electrons. The number of benzene rings is 1. The van der Waals surface area contributed by atoms with E-state index in [9.17, 15) is 4.79 Å². The first kappa shape index (κ1) is 16.0. The highest BCUT2D eigenvalue weighted by Gasteiger charge is 2.23. The molecule has 0 spiro atoms. The van der Waals surface area contributed by atoms with Crippen molar-refractivity contribution >= 4 is 11.6 Å². The van der Waals surface area contributed by atoms with Crippen LogP contribution in [-0.2, 0) is 11.2 Å². The molecule has 3 nitrogen and oxygen atoms in total. The highest BCUT2D eigenvalue weighted by molar-refractivity contribution is 5.93. The smallest absolute Gasteiger partial charge is 0.224 e. The van der Waals surface area contributed by atoms with E-state index in [1.54, 1.807) is 0 Å². The van der Waals surface area contributed by atoms with Crippen LogP contribution in [0.1, 0.15) is 57.7 Å². The Morgan fingerprint density at radius 3 is 2.67 bits per heavy atom. The van der Waals surface area contributed by atoms with Crippen LogP contribution >= 0.6 is 0 Å². The van der Waals surface area contributed by atoms with Crippen LogP contribution in [0.4, 0.5) is 5.69 Å². The molecule has 2 rings (SSSR count). The Bertz CT molecular complexity index is 496. The Kier molecular flexibility index (Phi) is 5.40. The number of rotatable bonds is 6. The van der Waals surface area contributed by atoms with Gasteiger partial charge in [0.25, 0.3) is 0 Å². The van der Waals surface area contributed by atoms with Gasteiger partial charge in [-0.15, -0.1) is 0 Å². The first-order chi connectivity index (χ1) is 10.0. The Morgan fingerprint density at radius 1 is 1.24 bits per heavy atom. The first-order valence-corrected chi connectivity index (χ1v) is 8.19. The number of anilines is 1. The molecule has 1 aromatic rings. The van der Waals surface area contributed by atoms with Gasteiger partial charge in [0.2, 0.25) is 5.91 Å². The Balaban J connectivity index is 2.25. The van der Waals surface area contributed by atoms with Crippen molar-refractivity contribution in [1.82, 2.24) is 5.32 Å². The average molecular weight is 288 g/mol. The molecule has 1 aliphatic rings. The lowest BCUT2D eigenvalue weighted by Gasteiger charge is -2.30. The first-order valence-electron chi connectivity index (χ1n) is 8.19. The second-order valence-electron chi connectivity index (χ2n) is 6.50. The number of nitrogens with one attached hydrogen (secondary N) is 2. The van der Waals surface area contributed by atoms with Crippen LogP contribution in [0.25, 0.3) is 0 Å². The van der Waals surface area contributed by atoms with Gasteiger partial charge in [0.15, 0.2) is 0 Å². The maximum absolute atomic E-state index is 11.5. The molecular weight excluding hydrogens is 260 g/mol. The predicted octanol–water partition coefficient (Wildman–Crippen LogP) is 3.90. The van der Waals surface area contributed by atoms with Gasteiger partial charge in [-0.05, 0) is 48.4 Å². The van der Waals surface area contributed by atoms with E-state index in [0.717, 1.165) is 25.1 Å². The molecule has 0 radical (unpaired) electrons. The molecule has 0 bridgehead atoms. The second-order valence-corrected chi connectivity index (χ2v) is 6.50. The van der Waals surface area contributed by atoms with Crippen molar-refractivity contribution in [1.29, 1.82) is 0 Å². The third-order valence-electron chi connectivity index (χ3n) is 4.58. The molecule has 2 N–H and O–H groups in total. The van der Waals surface area contributed by atoms with Crippen molar-refractivity contribution in [3.8, 4) is 0 Å². The van der Waals surface area contributed by atoms with E-state index in [1.807, 2.05) is 0 Å². The molecule has 1 heterocycles. The summed E-state index contributed by atoms with van der Waals surface area (Å²) in [5.74, 6) is 1.34. The summed E-state index contributed by atoms with van der Waals surface area (Å²) in [5.41, 5.74) is 3.60. The molecule has 0 aromatic heterocycles. The fourth-order valence-electron chi connectivity index (χ4n) is 2.89. The molecule has 0 saturated carbocycles. The van der Waals surface area contributed by atoms with E-state index in [2.05, 4.69) is 56.5 Å². The van der Waals surface area contributed by atoms with Crippen molar-refractivity contribution in [3.05, 3.63) is 29.3 Å². The summed E-state index contributed by atoms with van der Waals surface area (Å²) in [4.78, 5) is 11.5. The maximum atomic E-state index is 11.5. The van der Waals surface area contributed by atoms with Gasteiger partial charge in [0, 0.05) is 18.2 Å². The fourth-order valence-corrected chi connectivity index (χ4v) is 2.89. The summed E-state index contributed by atoms with van der Waals surface area (Å²) in [5, 5.41) is 6.66. The number of amides is 1. The van der Waals surface area contributed by atoms with Gasteiger partial charge in [-0.25, -0.2) is 0 Å². The summed E-state index contributed by atoms with van der Waals surface area (Å²) in [6.45, 7) is 10.1. The van der Waals surface area contributed by atoms with E-state index in [-0.39, 0.29) is 5.91 Å². The maximum Gasteiger partial charge on any atom is 0.224 e.